The summed E-state index contributed by atoms with van der Waals surface area (Å²) in [7, 11) is 5.50. The number of aliphatic imine (C=N–C) groups is 1. The fourth-order valence-electron chi connectivity index (χ4n) is 1.90. The van der Waals surface area contributed by atoms with E-state index in [4.69, 9.17) is 9.47 Å². The molecule has 0 bridgehead atoms. The van der Waals surface area contributed by atoms with Crippen LogP contribution < -0.4 is 5.32 Å². The predicted octanol–water partition coefficient (Wildman–Crippen LogP) is 2.28. The highest BCUT2D eigenvalue weighted by Crippen LogP contribution is 2.20. The second kappa shape index (κ2) is 10.5. The third-order valence-corrected chi connectivity index (χ3v) is 4.25. The molecule has 1 N–H and O–H groups in total. The molecule has 7 heteroatoms. The lowest BCUT2D eigenvalue weighted by Crippen LogP contribution is -2.39. The number of methoxy groups -OCH3 is 1. The van der Waals surface area contributed by atoms with Crippen LogP contribution in [-0.4, -0.2) is 56.8 Å². The van der Waals surface area contributed by atoms with E-state index in [0.717, 1.165) is 49.4 Å². The van der Waals surface area contributed by atoms with Gasteiger partial charge in [0.1, 0.15) is 11.1 Å². The van der Waals surface area contributed by atoms with Gasteiger partial charge in [-0.2, -0.15) is 0 Å². The zero-order chi connectivity index (χ0) is 16.4. The molecule has 1 rings (SSSR count). The molecule has 1 aromatic rings. The number of nitrogens with zero attached hydrogens (tertiary/aromatic N) is 3. The molecule has 0 saturated heterocycles. The number of hydrogen-bond donors (Lipinski definition) is 1. The highest BCUT2D eigenvalue weighted by atomic mass is 32.1. The van der Waals surface area contributed by atoms with Crippen LogP contribution in [0, 0.1) is 0 Å². The number of thiazole rings is 1. The number of nitrogens with one attached hydrogen (secondary N) is 1. The van der Waals surface area contributed by atoms with Crippen molar-refractivity contribution in [3.63, 3.8) is 0 Å². The van der Waals surface area contributed by atoms with Gasteiger partial charge in [-0.15, -0.1) is 11.3 Å². The van der Waals surface area contributed by atoms with Crippen molar-refractivity contribution in [2.75, 3.05) is 41.0 Å². The minimum absolute atomic E-state index is 0.0417. The van der Waals surface area contributed by atoms with Crippen molar-refractivity contribution in [1.29, 1.82) is 0 Å². The van der Waals surface area contributed by atoms with Gasteiger partial charge >= 0.3 is 0 Å². The number of guanidine groups is 1. The Morgan fingerprint density at radius 3 is 2.95 bits per heavy atom. The van der Waals surface area contributed by atoms with Crippen molar-refractivity contribution >= 4 is 17.3 Å². The smallest absolute Gasteiger partial charge is 0.193 e. The second-order valence-corrected chi connectivity index (χ2v) is 5.83. The van der Waals surface area contributed by atoms with E-state index in [9.17, 15) is 0 Å². The summed E-state index contributed by atoms with van der Waals surface area (Å²) in [5, 5.41) is 6.41. The molecule has 0 aliphatic heterocycles. The van der Waals surface area contributed by atoms with Crippen molar-refractivity contribution in [2.45, 2.75) is 32.9 Å². The van der Waals surface area contributed by atoms with E-state index < -0.39 is 0 Å². The second-order valence-electron chi connectivity index (χ2n) is 4.94. The number of aromatic nitrogens is 1. The SMILES string of the molecule is CCOCCCNC(=NC)N(C)Cc1csc(C(C)OC)n1. The van der Waals surface area contributed by atoms with E-state index in [-0.39, 0.29) is 6.10 Å². The van der Waals surface area contributed by atoms with E-state index in [2.05, 4.69) is 25.6 Å². The molecule has 0 spiro atoms. The molecular weight excluding hydrogens is 300 g/mol. The van der Waals surface area contributed by atoms with E-state index in [1.807, 2.05) is 20.9 Å². The molecule has 1 atom stereocenters. The van der Waals surface area contributed by atoms with Crippen LogP contribution in [0.3, 0.4) is 0 Å². The van der Waals surface area contributed by atoms with Gasteiger partial charge in [-0.1, -0.05) is 0 Å². The summed E-state index contributed by atoms with van der Waals surface area (Å²) in [4.78, 5) is 11.0. The Hall–Kier alpha value is -1.18. The van der Waals surface area contributed by atoms with Crippen LogP contribution in [0.4, 0.5) is 0 Å². The van der Waals surface area contributed by atoms with E-state index in [1.54, 1.807) is 25.5 Å². The molecule has 6 nitrogen and oxygen atoms in total. The van der Waals surface area contributed by atoms with Gasteiger partial charge in [0.05, 0.1) is 12.2 Å². The summed E-state index contributed by atoms with van der Waals surface area (Å²) in [6.07, 6.45) is 1.01. The van der Waals surface area contributed by atoms with Crippen LogP contribution in [0.15, 0.2) is 10.4 Å². The van der Waals surface area contributed by atoms with Crippen molar-refractivity contribution in [3.05, 3.63) is 16.1 Å². The lowest BCUT2D eigenvalue weighted by molar-refractivity contribution is 0.119. The standard InChI is InChI=1S/C15H28N4O2S/c1-6-21-9-7-8-17-15(16-3)19(4)10-13-11-22-14(18-13)12(2)20-5/h11-12H,6-10H2,1-5H3,(H,16,17). The average molecular weight is 328 g/mol. The number of hydrogen-bond acceptors (Lipinski definition) is 5. The zero-order valence-corrected chi connectivity index (χ0v) is 15.1. The van der Waals surface area contributed by atoms with E-state index in [0.29, 0.717) is 0 Å². The van der Waals surface area contributed by atoms with Gasteiger partial charge < -0.3 is 19.7 Å². The molecule has 0 aromatic carbocycles. The molecule has 0 aliphatic rings. The summed E-state index contributed by atoms with van der Waals surface area (Å²) < 4.78 is 10.6. The van der Waals surface area contributed by atoms with E-state index in [1.165, 1.54) is 0 Å². The minimum Gasteiger partial charge on any atom is -0.382 e. The van der Waals surface area contributed by atoms with Crippen molar-refractivity contribution in [2.24, 2.45) is 4.99 Å². The van der Waals surface area contributed by atoms with Crippen molar-refractivity contribution in [1.82, 2.24) is 15.2 Å². The van der Waals surface area contributed by atoms with Crippen LogP contribution in [0.1, 0.15) is 37.1 Å². The van der Waals surface area contributed by atoms with Gasteiger partial charge in [-0.25, -0.2) is 4.98 Å². The first-order valence-corrected chi connectivity index (χ1v) is 8.46. The quantitative estimate of drug-likeness (QED) is 0.428. The minimum atomic E-state index is 0.0417. The van der Waals surface area contributed by atoms with Crippen LogP contribution >= 0.6 is 11.3 Å². The fourth-order valence-corrected chi connectivity index (χ4v) is 2.75. The summed E-state index contributed by atoms with van der Waals surface area (Å²) in [5.74, 6) is 0.867. The molecule has 1 aromatic heterocycles. The molecule has 0 aliphatic carbocycles. The Morgan fingerprint density at radius 2 is 2.32 bits per heavy atom. The first-order chi connectivity index (χ1) is 10.6. The molecule has 0 fully saturated rings. The Kier molecular flexibility index (Phi) is 9.03. The lowest BCUT2D eigenvalue weighted by Gasteiger charge is -2.21. The zero-order valence-electron chi connectivity index (χ0n) is 14.3. The van der Waals surface area contributed by atoms with Crippen molar-refractivity contribution < 1.29 is 9.47 Å². The first kappa shape index (κ1) is 18.9. The predicted molar refractivity (Wildman–Crippen MR) is 91.5 cm³/mol. The van der Waals surface area contributed by atoms with Crippen LogP contribution in [0.25, 0.3) is 0 Å². The van der Waals surface area contributed by atoms with Crippen molar-refractivity contribution in [3.8, 4) is 0 Å². The highest BCUT2D eigenvalue weighted by Gasteiger charge is 2.12. The van der Waals surface area contributed by atoms with Gasteiger partial charge in [0.15, 0.2) is 5.96 Å². The molecule has 1 heterocycles. The Bertz CT molecular complexity index is 451. The Morgan fingerprint density at radius 1 is 1.55 bits per heavy atom. The largest absolute Gasteiger partial charge is 0.382 e. The fraction of sp³-hybridized carbons (Fsp3) is 0.733. The third-order valence-electron chi connectivity index (χ3n) is 3.20. The molecule has 0 amide bonds. The van der Waals surface area contributed by atoms with Gasteiger partial charge in [-0.05, 0) is 20.3 Å². The maximum absolute atomic E-state index is 5.33. The maximum Gasteiger partial charge on any atom is 0.193 e. The Balaban J connectivity index is 2.44. The topological polar surface area (TPSA) is 59.0 Å². The molecule has 0 saturated carbocycles. The number of ether oxygens (including phenoxy) is 2. The van der Waals surface area contributed by atoms with Gasteiger partial charge in [0.2, 0.25) is 0 Å². The summed E-state index contributed by atoms with van der Waals surface area (Å²) >= 11 is 1.63. The highest BCUT2D eigenvalue weighted by molar-refractivity contribution is 7.09. The lowest BCUT2D eigenvalue weighted by atomic mass is 10.4. The molecular formula is C15H28N4O2S. The number of rotatable bonds is 9. The summed E-state index contributed by atoms with van der Waals surface area (Å²) in [6.45, 7) is 7.12. The normalized spacial score (nSPS) is 13.2. The van der Waals surface area contributed by atoms with Gasteiger partial charge in [0.25, 0.3) is 0 Å². The monoisotopic (exact) mass is 328 g/mol. The average Bonchev–Trinajstić information content (AvgIpc) is 2.98. The van der Waals surface area contributed by atoms with Crippen LogP contribution in [0.2, 0.25) is 0 Å². The summed E-state index contributed by atoms with van der Waals surface area (Å²) in [5.41, 5.74) is 1.03. The third kappa shape index (κ3) is 6.29. The molecule has 22 heavy (non-hydrogen) atoms. The van der Waals surface area contributed by atoms with Crippen LogP contribution in [-0.2, 0) is 16.0 Å². The summed E-state index contributed by atoms with van der Waals surface area (Å²) in [6, 6.07) is 0. The Labute approximate surface area is 137 Å². The van der Waals surface area contributed by atoms with Gasteiger partial charge in [0, 0.05) is 46.3 Å². The first-order valence-electron chi connectivity index (χ1n) is 7.59. The van der Waals surface area contributed by atoms with Gasteiger partial charge in [-0.3, -0.25) is 4.99 Å². The molecule has 126 valence electrons. The maximum atomic E-state index is 5.33. The molecule has 1 unspecified atom stereocenters. The molecule has 0 radical (unpaired) electrons. The van der Waals surface area contributed by atoms with Crippen LogP contribution in [0.5, 0.6) is 0 Å². The van der Waals surface area contributed by atoms with E-state index >= 15 is 0 Å².